The quantitative estimate of drug-likeness (QED) is 0.778. The molecule has 1 spiro atoms. The zero-order valence-electron chi connectivity index (χ0n) is 14.6. The summed E-state index contributed by atoms with van der Waals surface area (Å²) in [5, 5.41) is 2.67. The molecule has 3 atom stereocenters. The maximum atomic E-state index is 12.4. The molecule has 0 unspecified atom stereocenters. The third-order valence-electron chi connectivity index (χ3n) is 5.72. The zero-order valence-corrected chi connectivity index (χ0v) is 14.6. The van der Waals surface area contributed by atoms with Gasteiger partial charge in [0.2, 0.25) is 5.91 Å². The van der Waals surface area contributed by atoms with Gasteiger partial charge in [0.25, 0.3) is 0 Å². The molecule has 0 bridgehead atoms. The van der Waals surface area contributed by atoms with Crippen molar-refractivity contribution >= 4 is 5.91 Å². The molecule has 144 valence electrons. The van der Waals surface area contributed by atoms with Crippen molar-refractivity contribution in [2.45, 2.75) is 56.5 Å². The molecule has 0 aromatic heterocycles. The number of halogens is 3. The Morgan fingerprint density at radius 2 is 2.04 bits per heavy atom. The molecule has 3 fully saturated rings. The average molecular weight is 364 g/mol. The van der Waals surface area contributed by atoms with Crippen LogP contribution < -0.4 is 5.32 Å². The SMILES string of the molecule is CN1C[C@H](C(=O)NCCCC(F)(F)F)C[C@@H]2CC3(CC[C@H]21)OCCO3. The number of nitrogens with zero attached hydrogens (tertiary/aromatic N) is 1. The number of amides is 1. The average Bonchev–Trinajstić information content (AvgIpc) is 2.97. The maximum absolute atomic E-state index is 12.4. The van der Waals surface area contributed by atoms with Gasteiger partial charge < -0.3 is 19.7 Å². The second-order valence-electron chi connectivity index (χ2n) is 7.56. The summed E-state index contributed by atoms with van der Waals surface area (Å²) in [6.45, 7) is 1.97. The van der Waals surface area contributed by atoms with Crippen LogP contribution in [0.15, 0.2) is 0 Å². The first-order valence-electron chi connectivity index (χ1n) is 9.11. The van der Waals surface area contributed by atoms with Gasteiger partial charge in [-0.25, -0.2) is 0 Å². The summed E-state index contributed by atoms with van der Waals surface area (Å²) >= 11 is 0. The van der Waals surface area contributed by atoms with Crippen LogP contribution in [-0.2, 0) is 14.3 Å². The van der Waals surface area contributed by atoms with Crippen molar-refractivity contribution in [2.24, 2.45) is 11.8 Å². The molecule has 8 heteroatoms. The Balaban J connectivity index is 1.51. The van der Waals surface area contributed by atoms with Crippen molar-refractivity contribution in [3.63, 3.8) is 0 Å². The Morgan fingerprint density at radius 1 is 1.32 bits per heavy atom. The van der Waals surface area contributed by atoms with E-state index in [1.807, 2.05) is 7.05 Å². The summed E-state index contributed by atoms with van der Waals surface area (Å²) in [6, 6.07) is 0.424. The fourth-order valence-electron chi connectivity index (χ4n) is 4.58. The molecular formula is C17H27F3N2O3. The Labute approximate surface area is 146 Å². The lowest BCUT2D eigenvalue weighted by molar-refractivity contribution is -0.202. The molecule has 1 amide bonds. The molecule has 2 saturated heterocycles. The molecule has 3 aliphatic rings. The second kappa shape index (κ2) is 7.40. The minimum Gasteiger partial charge on any atom is -0.356 e. The molecule has 2 aliphatic heterocycles. The molecule has 25 heavy (non-hydrogen) atoms. The van der Waals surface area contributed by atoms with Gasteiger partial charge >= 0.3 is 6.18 Å². The molecular weight excluding hydrogens is 337 g/mol. The van der Waals surface area contributed by atoms with E-state index < -0.39 is 18.4 Å². The highest BCUT2D eigenvalue weighted by Gasteiger charge is 2.49. The molecule has 2 heterocycles. The zero-order chi connectivity index (χ0) is 18.1. The van der Waals surface area contributed by atoms with E-state index in [1.54, 1.807) is 0 Å². The van der Waals surface area contributed by atoms with Gasteiger partial charge in [0.15, 0.2) is 5.79 Å². The summed E-state index contributed by atoms with van der Waals surface area (Å²) in [5.41, 5.74) is 0. The molecule has 1 saturated carbocycles. The van der Waals surface area contributed by atoms with Crippen LogP contribution in [0.25, 0.3) is 0 Å². The number of rotatable bonds is 4. The van der Waals surface area contributed by atoms with Crippen molar-refractivity contribution in [1.82, 2.24) is 10.2 Å². The molecule has 0 aromatic carbocycles. The van der Waals surface area contributed by atoms with Gasteiger partial charge in [-0.05, 0) is 32.2 Å². The molecule has 1 N–H and O–H groups in total. The van der Waals surface area contributed by atoms with Crippen LogP contribution in [-0.4, -0.2) is 62.2 Å². The Bertz CT molecular complexity index is 480. The van der Waals surface area contributed by atoms with Crippen molar-refractivity contribution in [3.8, 4) is 0 Å². The Kier molecular flexibility index (Phi) is 5.60. The second-order valence-corrected chi connectivity index (χ2v) is 7.56. The van der Waals surface area contributed by atoms with Crippen molar-refractivity contribution < 1.29 is 27.4 Å². The van der Waals surface area contributed by atoms with Crippen molar-refractivity contribution in [2.75, 3.05) is 33.4 Å². The van der Waals surface area contributed by atoms with Gasteiger partial charge in [-0.15, -0.1) is 0 Å². The third-order valence-corrected chi connectivity index (χ3v) is 5.72. The monoisotopic (exact) mass is 364 g/mol. The first-order chi connectivity index (χ1) is 11.8. The molecule has 3 rings (SSSR count). The summed E-state index contributed by atoms with van der Waals surface area (Å²) in [5.74, 6) is -0.488. The number of alkyl halides is 3. The van der Waals surface area contributed by atoms with Crippen LogP contribution in [0.1, 0.15) is 38.5 Å². The van der Waals surface area contributed by atoms with Gasteiger partial charge in [-0.1, -0.05) is 0 Å². The van der Waals surface area contributed by atoms with Crippen molar-refractivity contribution in [1.29, 1.82) is 0 Å². The smallest absolute Gasteiger partial charge is 0.356 e. The van der Waals surface area contributed by atoms with Gasteiger partial charge in [0, 0.05) is 38.4 Å². The lowest BCUT2D eigenvalue weighted by Gasteiger charge is -2.49. The fraction of sp³-hybridized carbons (Fsp3) is 0.941. The predicted molar refractivity (Wildman–Crippen MR) is 84.8 cm³/mol. The van der Waals surface area contributed by atoms with Gasteiger partial charge in [-0.3, -0.25) is 4.79 Å². The lowest BCUT2D eigenvalue weighted by atomic mass is 9.72. The number of hydrogen-bond donors (Lipinski definition) is 1. The largest absolute Gasteiger partial charge is 0.389 e. The predicted octanol–water partition coefficient (Wildman–Crippen LogP) is 2.31. The summed E-state index contributed by atoms with van der Waals surface area (Å²) in [7, 11) is 2.02. The van der Waals surface area contributed by atoms with Gasteiger partial charge in [0.05, 0.1) is 19.1 Å². The molecule has 1 aliphatic carbocycles. The number of ether oxygens (including phenoxy) is 2. The first kappa shape index (κ1) is 18.9. The van der Waals surface area contributed by atoms with E-state index in [0.29, 0.717) is 31.7 Å². The highest BCUT2D eigenvalue weighted by atomic mass is 19.4. The number of carbonyl (C=O) groups is 1. The Hall–Kier alpha value is -0.860. The minimum absolute atomic E-state index is 0.0722. The van der Waals surface area contributed by atoms with E-state index in [-0.39, 0.29) is 24.8 Å². The summed E-state index contributed by atoms with van der Waals surface area (Å²) in [6.07, 6.45) is -1.70. The fourth-order valence-corrected chi connectivity index (χ4v) is 4.58. The normalized spacial score (nSPS) is 32.6. The summed E-state index contributed by atoms with van der Waals surface area (Å²) < 4.78 is 48.2. The molecule has 5 nitrogen and oxygen atoms in total. The number of likely N-dealkylation sites (tertiary alicyclic amines) is 1. The summed E-state index contributed by atoms with van der Waals surface area (Å²) in [4.78, 5) is 14.6. The minimum atomic E-state index is -4.17. The van der Waals surface area contributed by atoms with E-state index in [9.17, 15) is 18.0 Å². The topological polar surface area (TPSA) is 50.8 Å². The van der Waals surface area contributed by atoms with E-state index in [0.717, 1.165) is 25.7 Å². The molecule has 0 aromatic rings. The number of fused-ring (bicyclic) bond motifs is 1. The van der Waals surface area contributed by atoms with E-state index in [2.05, 4.69) is 10.2 Å². The number of hydrogen-bond acceptors (Lipinski definition) is 4. The Morgan fingerprint density at radius 3 is 2.72 bits per heavy atom. The van der Waals surface area contributed by atoms with E-state index in [4.69, 9.17) is 9.47 Å². The van der Waals surface area contributed by atoms with Crippen LogP contribution in [0.2, 0.25) is 0 Å². The maximum Gasteiger partial charge on any atom is 0.389 e. The van der Waals surface area contributed by atoms with E-state index >= 15 is 0 Å². The number of carbonyl (C=O) groups excluding carboxylic acids is 1. The highest BCUT2D eigenvalue weighted by Crippen LogP contribution is 2.44. The lowest BCUT2D eigenvalue weighted by Crippen LogP contribution is -2.55. The molecule has 0 radical (unpaired) electrons. The van der Waals surface area contributed by atoms with Crippen LogP contribution in [0.3, 0.4) is 0 Å². The third kappa shape index (κ3) is 4.65. The van der Waals surface area contributed by atoms with Crippen LogP contribution in [0, 0.1) is 11.8 Å². The van der Waals surface area contributed by atoms with Crippen molar-refractivity contribution in [3.05, 3.63) is 0 Å². The standard InChI is InChI=1S/C17H27F3N2O3/c1-22-11-13(15(23)21-6-2-4-17(18,19)20)9-12-10-16(5-3-14(12)22)24-7-8-25-16/h12-14H,2-11H2,1H3,(H,21,23)/t12-,13-,14-/m1/s1. The van der Waals surface area contributed by atoms with E-state index in [1.165, 1.54) is 0 Å². The highest BCUT2D eigenvalue weighted by molar-refractivity contribution is 5.79. The number of piperidine rings is 1. The first-order valence-corrected chi connectivity index (χ1v) is 9.11. The van der Waals surface area contributed by atoms with Crippen LogP contribution in [0.4, 0.5) is 13.2 Å². The van der Waals surface area contributed by atoms with Gasteiger partial charge in [-0.2, -0.15) is 13.2 Å². The van der Waals surface area contributed by atoms with Gasteiger partial charge in [0.1, 0.15) is 0 Å². The van der Waals surface area contributed by atoms with Crippen LogP contribution in [0.5, 0.6) is 0 Å². The van der Waals surface area contributed by atoms with Crippen LogP contribution >= 0.6 is 0 Å². The number of nitrogens with one attached hydrogen (secondary N) is 1.